The Morgan fingerprint density at radius 3 is 2.95 bits per heavy atom. The van der Waals surface area contributed by atoms with Crippen molar-refractivity contribution in [2.75, 3.05) is 25.5 Å². The van der Waals surface area contributed by atoms with Crippen LogP contribution in [0.2, 0.25) is 0 Å². The maximum Gasteiger partial charge on any atom is 0.409 e. The SMILES string of the molecule is COC(=O)N1CC[C@H](Nc2ccccc2[N+](=O)[O-])C1. The molecule has 1 aromatic rings. The van der Waals surface area contributed by atoms with Crippen molar-refractivity contribution in [3.8, 4) is 0 Å². The molecular weight excluding hydrogens is 250 g/mol. The molecule has 1 saturated heterocycles. The fraction of sp³-hybridized carbons (Fsp3) is 0.417. The summed E-state index contributed by atoms with van der Waals surface area (Å²) in [5.41, 5.74) is 0.517. The van der Waals surface area contributed by atoms with Crippen LogP contribution in [0.25, 0.3) is 0 Å². The van der Waals surface area contributed by atoms with Gasteiger partial charge in [-0.3, -0.25) is 10.1 Å². The third kappa shape index (κ3) is 2.93. The van der Waals surface area contributed by atoms with Crippen LogP contribution in [0.5, 0.6) is 0 Å². The van der Waals surface area contributed by atoms with E-state index in [1.807, 2.05) is 0 Å². The van der Waals surface area contributed by atoms with Crippen molar-refractivity contribution in [2.24, 2.45) is 0 Å². The van der Waals surface area contributed by atoms with Gasteiger partial charge in [0.2, 0.25) is 0 Å². The first-order valence-corrected chi connectivity index (χ1v) is 5.94. The summed E-state index contributed by atoms with van der Waals surface area (Å²) in [6.45, 7) is 1.07. The standard InChI is InChI=1S/C12H15N3O4/c1-19-12(16)14-7-6-9(8-14)13-10-4-2-3-5-11(10)15(17)18/h2-5,9,13H,6-8H2,1H3/t9-/m0/s1. The molecule has 0 radical (unpaired) electrons. The average Bonchev–Trinajstić information content (AvgIpc) is 2.86. The van der Waals surface area contributed by atoms with Crippen molar-refractivity contribution < 1.29 is 14.5 Å². The summed E-state index contributed by atoms with van der Waals surface area (Å²) < 4.78 is 4.65. The monoisotopic (exact) mass is 265 g/mol. The van der Waals surface area contributed by atoms with E-state index in [4.69, 9.17) is 0 Å². The second kappa shape index (κ2) is 5.55. The third-order valence-electron chi connectivity index (χ3n) is 3.08. The molecule has 1 N–H and O–H groups in total. The van der Waals surface area contributed by atoms with Gasteiger partial charge in [0.05, 0.1) is 12.0 Å². The summed E-state index contributed by atoms with van der Waals surface area (Å²) in [5, 5.41) is 14.0. The van der Waals surface area contributed by atoms with E-state index in [9.17, 15) is 14.9 Å². The van der Waals surface area contributed by atoms with Gasteiger partial charge in [0.25, 0.3) is 5.69 Å². The van der Waals surface area contributed by atoms with Crippen molar-refractivity contribution in [3.05, 3.63) is 34.4 Å². The molecule has 0 unspecified atom stereocenters. The first-order valence-electron chi connectivity index (χ1n) is 5.94. The number of hydrogen-bond acceptors (Lipinski definition) is 5. The van der Waals surface area contributed by atoms with Crippen molar-refractivity contribution in [1.29, 1.82) is 0 Å². The number of nitro groups is 1. The zero-order valence-corrected chi connectivity index (χ0v) is 10.5. The van der Waals surface area contributed by atoms with E-state index in [2.05, 4.69) is 10.1 Å². The van der Waals surface area contributed by atoms with Gasteiger partial charge in [-0.1, -0.05) is 12.1 Å². The zero-order valence-electron chi connectivity index (χ0n) is 10.5. The summed E-state index contributed by atoms with van der Waals surface area (Å²) in [6.07, 6.45) is 0.369. The molecular formula is C12H15N3O4. The Morgan fingerprint density at radius 1 is 1.53 bits per heavy atom. The predicted octanol–water partition coefficient (Wildman–Crippen LogP) is 1.85. The van der Waals surface area contributed by atoms with Gasteiger partial charge in [-0.25, -0.2) is 4.79 Å². The lowest BCUT2D eigenvalue weighted by Crippen LogP contribution is -2.31. The minimum atomic E-state index is -0.421. The van der Waals surface area contributed by atoms with Crippen molar-refractivity contribution in [3.63, 3.8) is 0 Å². The first kappa shape index (κ1) is 13.1. The Morgan fingerprint density at radius 2 is 2.26 bits per heavy atom. The molecule has 102 valence electrons. The Hall–Kier alpha value is -2.31. The molecule has 1 atom stereocenters. The normalized spacial score (nSPS) is 18.2. The number of benzene rings is 1. The topological polar surface area (TPSA) is 84.7 Å². The number of nitro benzene ring substituents is 1. The van der Waals surface area contributed by atoms with Crippen LogP contribution in [0.3, 0.4) is 0 Å². The van der Waals surface area contributed by atoms with Gasteiger partial charge in [0.1, 0.15) is 5.69 Å². The maximum atomic E-state index is 11.4. The van der Waals surface area contributed by atoms with Gasteiger partial charge in [-0.2, -0.15) is 0 Å². The molecule has 0 saturated carbocycles. The van der Waals surface area contributed by atoms with Crippen LogP contribution in [0.15, 0.2) is 24.3 Å². The highest BCUT2D eigenvalue weighted by molar-refractivity contribution is 5.68. The Balaban J connectivity index is 2.03. The average molecular weight is 265 g/mol. The molecule has 2 rings (SSSR count). The first-order chi connectivity index (χ1) is 9.11. The summed E-state index contributed by atoms with van der Waals surface area (Å²) in [6, 6.07) is 6.48. The van der Waals surface area contributed by atoms with Gasteiger partial charge in [0.15, 0.2) is 0 Å². The van der Waals surface area contributed by atoms with E-state index in [0.717, 1.165) is 6.42 Å². The van der Waals surface area contributed by atoms with Crippen LogP contribution in [-0.2, 0) is 4.74 Å². The lowest BCUT2D eigenvalue weighted by atomic mass is 10.2. The highest BCUT2D eigenvalue weighted by Gasteiger charge is 2.27. The van der Waals surface area contributed by atoms with Crippen molar-refractivity contribution in [1.82, 2.24) is 4.90 Å². The number of rotatable bonds is 3. The van der Waals surface area contributed by atoms with Crippen LogP contribution in [-0.4, -0.2) is 42.2 Å². The maximum absolute atomic E-state index is 11.4. The number of amides is 1. The van der Waals surface area contributed by atoms with Crippen molar-refractivity contribution >= 4 is 17.5 Å². The molecule has 19 heavy (non-hydrogen) atoms. The number of ether oxygens (including phenoxy) is 1. The number of likely N-dealkylation sites (tertiary alicyclic amines) is 1. The lowest BCUT2D eigenvalue weighted by Gasteiger charge is -2.16. The molecule has 7 nitrogen and oxygen atoms in total. The summed E-state index contributed by atoms with van der Waals surface area (Å²) in [7, 11) is 1.34. The molecule has 1 aliphatic rings. The molecule has 1 amide bonds. The smallest absolute Gasteiger partial charge is 0.409 e. The highest BCUT2D eigenvalue weighted by Crippen LogP contribution is 2.25. The number of methoxy groups -OCH3 is 1. The Labute approximate surface area is 110 Å². The highest BCUT2D eigenvalue weighted by atomic mass is 16.6. The Kier molecular flexibility index (Phi) is 3.84. The number of para-hydroxylation sites is 2. The molecule has 1 fully saturated rings. The fourth-order valence-corrected chi connectivity index (χ4v) is 2.15. The number of nitrogens with zero attached hydrogens (tertiary/aromatic N) is 2. The summed E-state index contributed by atoms with van der Waals surface area (Å²) >= 11 is 0. The fourth-order valence-electron chi connectivity index (χ4n) is 2.15. The predicted molar refractivity (Wildman–Crippen MR) is 69.1 cm³/mol. The molecule has 7 heteroatoms. The number of anilines is 1. The number of carbonyl (C=O) groups is 1. The third-order valence-corrected chi connectivity index (χ3v) is 3.08. The molecule has 1 aromatic carbocycles. The quantitative estimate of drug-likeness (QED) is 0.666. The molecule has 0 aliphatic carbocycles. The minimum Gasteiger partial charge on any atom is -0.453 e. The van der Waals surface area contributed by atoms with Gasteiger partial charge < -0.3 is 15.0 Å². The molecule has 1 heterocycles. The second-order valence-corrected chi connectivity index (χ2v) is 4.32. The Bertz CT molecular complexity index is 492. The molecule has 0 aromatic heterocycles. The van der Waals surface area contributed by atoms with Crippen LogP contribution in [0.4, 0.5) is 16.2 Å². The van der Waals surface area contributed by atoms with E-state index < -0.39 is 4.92 Å². The summed E-state index contributed by atoms with van der Waals surface area (Å²) in [4.78, 5) is 23.4. The van der Waals surface area contributed by atoms with E-state index in [1.54, 1.807) is 23.1 Å². The van der Waals surface area contributed by atoms with Crippen molar-refractivity contribution in [2.45, 2.75) is 12.5 Å². The van der Waals surface area contributed by atoms with E-state index in [-0.39, 0.29) is 17.8 Å². The number of nitrogens with one attached hydrogen (secondary N) is 1. The zero-order chi connectivity index (χ0) is 13.8. The molecule has 0 spiro atoms. The summed E-state index contributed by atoms with van der Waals surface area (Å²) in [5.74, 6) is 0. The second-order valence-electron chi connectivity index (χ2n) is 4.32. The molecule has 1 aliphatic heterocycles. The van der Waals surface area contributed by atoms with E-state index >= 15 is 0 Å². The lowest BCUT2D eigenvalue weighted by molar-refractivity contribution is -0.384. The van der Waals surface area contributed by atoms with Gasteiger partial charge >= 0.3 is 6.09 Å². The van der Waals surface area contributed by atoms with Gasteiger partial charge in [0, 0.05) is 25.2 Å². The number of hydrogen-bond donors (Lipinski definition) is 1. The van der Waals surface area contributed by atoms with E-state index in [0.29, 0.717) is 18.8 Å². The minimum absolute atomic E-state index is 0.000185. The van der Waals surface area contributed by atoms with E-state index in [1.165, 1.54) is 13.2 Å². The van der Waals surface area contributed by atoms with Crippen LogP contribution in [0, 0.1) is 10.1 Å². The van der Waals surface area contributed by atoms with Crippen LogP contribution in [0.1, 0.15) is 6.42 Å². The largest absolute Gasteiger partial charge is 0.453 e. The number of carbonyl (C=O) groups excluding carboxylic acids is 1. The van der Waals surface area contributed by atoms with Crippen LogP contribution < -0.4 is 5.32 Å². The van der Waals surface area contributed by atoms with Gasteiger partial charge in [-0.05, 0) is 12.5 Å². The van der Waals surface area contributed by atoms with Gasteiger partial charge in [-0.15, -0.1) is 0 Å². The molecule has 0 bridgehead atoms. The van der Waals surface area contributed by atoms with Crippen LogP contribution >= 0.6 is 0 Å².